The Morgan fingerprint density at radius 2 is 1.82 bits per heavy atom. The number of thiazole rings is 1. The minimum absolute atomic E-state index is 0.0793. The van der Waals surface area contributed by atoms with Crippen molar-refractivity contribution in [2.45, 2.75) is 51.6 Å². The number of ether oxygens (including phenoxy) is 1. The molecule has 1 aliphatic carbocycles. The van der Waals surface area contributed by atoms with Crippen LogP contribution in [0.1, 0.15) is 56.2 Å². The number of anilines is 3. The summed E-state index contributed by atoms with van der Waals surface area (Å²) in [5.41, 5.74) is 0.464. The van der Waals surface area contributed by atoms with Crippen LogP contribution in [0.3, 0.4) is 0 Å². The SMILES string of the molecule is CCNC(=O)Nc1cc(Nc2nccc(C(F)(F)F)n2)cc(-c2cnc(C3CCC(C(=O)OCC)CC3)s2)c1. The topological polar surface area (TPSA) is 118 Å². The van der Waals surface area contributed by atoms with E-state index >= 15 is 0 Å². The Bertz CT molecular complexity index is 1310. The predicted octanol–water partition coefficient (Wildman–Crippen LogP) is 6.34. The van der Waals surface area contributed by atoms with Crippen LogP contribution in [0, 0.1) is 5.92 Å². The van der Waals surface area contributed by atoms with Crippen molar-refractivity contribution in [1.29, 1.82) is 0 Å². The summed E-state index contributed by atoms with van der Waals surface area (Å²) in [6, 6.07) is 5.47. The maximum absolute atomic E-state index is 13.1. The summed E-state index contributed by atoms with van der Waals surface area (Å²) in [7, 11) is 0. The second-order valence-corrected chi connectivity index (χ2v) is 10.1. The molecular weight excluding hydrogens is 533 g/mol. The maximum Gasteiger partial charge on any atom is 0.433 e. The van der Waals surface area contributed by atoms with E-state index in [0.717, 1.165) is 47.8 Å². The molecule has 3 aromatic rings. The van der Waals surface area contributed by atoms with Gasteiger partial charge in [0, 0.05) is 36.2 Å². The summed E-state index contributed by atoms with van der Waals surface area (Å²) in [5, 5.41) is 9.15. The number of carbonyl (C=O) groups excluding carboxylic acids is 2. The van der Waals surface area contributed by atoms with E-state index in [1.165, 1.54) is 11.3 Å². The fraction of sp³-hybridized carbons (Fsp3) is 0.423. The lowest BCUT2D eigenvalue weighted by Gasteiger charge is -2.25. The first-order valence-corrected chi connectivity index (χ1v) is 13.5. The number of carbonyl (C=O) groups is 2. The Morgan fingerprint density at radius 1 is 1.08 bits per heavy atom. The molecule has 39 heavy (non-hydrogen) atoms. The first-order valence-electron chi connectivity index (χ1n) is 12.7. The van der Waals surface area contributed by atoms with Crippen molar-refractivity contribution >= 4 is 40.7 Å². The fourth-order valence-corrected chi connectivity index (χ4v) is 5.48. The molecule has 0 aliphatic heterocycles. The maximum atomic E-state index is 13.1. The van der Waals surface area contributed by atoms with Crippen LogP contribution < -0.4 is 16.0 Å². The van der Waals surface area contributed by atoms with Gasteiger partial charge in [-0.25, -0.2) is 19.7 Å². The molecule has 2 amide bonds. The first-order chi connectivity index (χ1) is 18.7. The van der Waals surface area contributed by atoms with Crippen molar-refractivity contribution in [1.82, 2.24) is 20.3 Å². The molecule has 0 radical (unpaired) electrons. The van der Waals surface area contributed by atoms with Crippen molar-refractivity contribution in [3.63, 3.8) is 0 Å². The number of aromatic nitrogens is 3. The Kier molecular flexibility index (Phi) is 9.00. The summed E-state index contributed by atoms with van der Waals surface area (Å²) < 4.78 is 44.5. The molecule has 0 bridgehead atoms. The summed E-state index contributed by atoms with van der Waals surface area (Å²) in [5.74, 6) is -0.224. The normalized spacial score (nSPS) is 17.4. The highest BCUT2D eigenvalue weighted by molar-refractivity contribution is 7.15. The van der Waals surface area contributed by atoms with E-state index in [-0.39, 0.29) is 23.8 Å². The van der Waals surface area contributed by atoms with Crippen molar-refractivity contribution in [2.75, 3.05) is 23.8 Å². The Labute approximate surface area is 227 Å². The fourth-order valence-electron chi connectivity index (χ4n) is 4.40. The number of amides is 2. The average Bonchev–Trinajstić information content (AvgIpc) is 3.39. The van der Waals surface area contributed by atoms with Crippen molar-refractivity contribution < 1.29 is 27.5 Å². The number of esters is 1. The predicted molar refractivity (Wildman–Crippen MR) is 142 cm³/mol. The molecule has 4 rings (SSSR count). The molecule has 3 N–H and O–H groups in total. The minimum Gasteiger partial charge on any atom is -0.466 e. The molecule has 1 saturated carbocycles. The van der Waals surface area contributed by atoms with E-state index < -0.39 is 17.9 Å². The van der Waals surface area contributed by atoms with E-state index in [1.807, 2.05) is 0 Å². The molecule has 13 heteroatoms. The number of nitrogens with one attached hydrogen (secondary N) is 3. The summed E-state index contributed by atoms with van der Waals surface area (Å²) >= 11 is 1.51. The van der Waals surface area contributed by atoms with Crippen LogP contribution >= 0.6 is 11.3 Å². The molecule has 208 valence electrons. The second kappa shape index (κ2) is 12.4. The summed E-state index contributed by atoms with van der Waals surface area (Å²) in [6.45, 7) is 4.38. The van der Waals surface area contributed by atoms with Gasteiger partial charge in [0.25, 0.3) is 0 Å². The lowest BCUT2D eigenvalue weighted by Crippen LogP contribution is -2.28. The zero-order chi connectivity index (χ0) is 28.0. The van der Waals surface area contributed by atoms with Crippen LogP contribution in [0.15, 0.2) is 36.7 Å². The molecule has 0 atom stereocenters. The lowest BCUT2D eigenvalue weighted by molar-refractivity contribution is -0.149. The molecule has 2 aromatic heterocycles. The average molecular weight is 563 g/mol. The molecule has 1 aromatic carbocycles. The van der Waals surface area contributed by atoms with Gasteiger partial charge in [-0.3, -0.25) is 4.79 Å². The van der Waals surface area contributed by atoms with Crippen LogP contribution in [-0.4, -0.2) is 40.1 Å². The highest BCUT2D eigenvalue weighted by Gasteiger charge is 2.33. The number of nitrogens with zero attached hydrogens (tertiary/aromatic N) is 3. The molecule has 2 heterocycles. The van der Waals surface area contributed by atoms with E-state index in [4.69, 9.17) is 4.74 Å². The highest BCUT2D eigenvalue weighted by atomic mass is 32.1. The van der Waals surface area contributed by atoms with Gasteiger partial charge in [-0.05, 0) is 69.4 Å². The number of rotatable bonds is 8. The van der Waals surface area contributed by atoms with Crippen LogP contribution in [0.2, 0.25) is 0 Å². The van der Waals surface area contributed by atoms with Gasteiger partial charge in [0.1, 0.15) is 5.69 Å². The van der Waals surface area contributed by atoms with Crippen LogP contribution in [0.25, 0.3) is 10.4 Å². The van der Waals surface area contributed by atoms with Gasteiger partial charge < -0.3 is 20.7 Å². The molecule has 9 nitrogen and oxygen atoms in total. The number of halogens is 3. The third-order valence-electron chi connectivity index (χ3n) is 6.23. The van der Waals surface area contributed by atoms with Gasteiger partial charge in [0.05, 0.1) is 22.4 Å². The Balaban J connectivity index is 1.57. The number of benzene rings is 1. The van der Waals surface area contributed by atoms with Gasteiger partial charge in [0.2, 0.25) is 5.95 Å². The minimum atomic E-state index is -4.61. The van der Waals surface area contributed by atoms with Gasteiger partial charge in [-0.2, -0.15) is 13.2 Å². The highest BCUT2D eigenvalue weighted by Crippen LogP contribution is 2.40. The van der Waals surface area contributed by atoms with Crippen LogP contribution in [0.5, 0.6) is 0 Å². The van der Waals surface area contributed by atoms with Crippen molar-refractivity contribution in [2.24, 2.45) is 5.92 Å². The largest absolute Gasteiger partial charge is 0.466 e. The monoisotopic (exact) mass is 562 g/mol. The molecule has 0 saturated heterocycles. The van der Waals surface area contributed by atoms with Crippen molar-refractivity contribution in [3.8, 4) is 10.4 Å². The standard InChI is InChI=1S/C26H29F3N6O3S/c1-3-30-25(37)34-19-12-17(11-18(13-19)33-24-31-10-9-21(35-24)26(27,28)29)20-14-32-22(39-20)15-5-7-16(8-6-15)23(36)38-4-2/h9-16H,3-8H2,1-2H3,(H2,30,34,37)(H,31,33,35). The molecule has 1 fully saturated rings. The Morgan fingerprint density at radius 3 is 2.51 bits per heavy atom. The third-order valence-corrected chi connectivity index (χ3v) is 7.44. The van der Waals surface area contributed by atoms with Gasteiger partial charge >= 0.3 is 18.2 Å². The van der Waals surface area contributed by atoms with Crippen LogP contribution in [-0.2, 0) is 15.7 Å². The number of hydrogen-bond donors (Lipinski definition) is 3. The zero-order valence-corrected chi connectivity index (χ0v) is 22.3. The van der Waals surface area contributed by atoms with E-state index in [2.05, 4.69) is 30.9 Å². The number of hydrogen-bond acceptors (Lipinski definition) is 8. The quantitative estimate of drug-likeness (QED) is 0.274. The molecular formula is C26H29F3N6O3S. The van der Waals surface area contributed by atoms with E-state index in [1.54, 1.807) is 38.2 Å². The Hall–Kier alpha value is -3.74. The van der Waals surface area contributed by atoms with E-state index in [9.17, 15) is 22.8 Å². The molecule has 1 aliphatic rings. The zero-order valence-electron chi connectivity index (χ0n) is 21.5. The summed E-state index contributed by atoms with van der Waals surface area (Å²) in [4.78, 5) is 37.2. The third kappa shape index (κ3) is 7.43. The van der Waals surface area contributed by atoms with Crippen LogP contribution in [0.4, 0.5) is 35.3 Å². The van der Waals surface area contributed by atoms with Gasteiger partial charge in [0.15, 0.2) is 0 Å². The smallest absolute Gasteiger partial charge is 0.433 e. The molecule has 0 unspecified atom stereocenters. The second-order valence-electron chi connectivity index (χ2n) is 9.04. The number of urea groups is 1. The lowest BCUT2D eigenvalue weighted by atomic mass is 9.82. The van der Waals surface area contributed by atoms with Gasteiger partial charge in [-0.15, -0.1) is 11.3 Å². The first kappa shape index (κ1) is 28.3. The molecule has 0 spiro atoms. The number of alkyl halides is 3. The van der Waals surface area contributed by atoms with Crippen molar-refractivity contribution in [3.05, 3.63) is 47.4 Å². The van der Waals surface area contributed by atoms with E-state index in [0.29, 0.717) is 30.1 Å². The van der Waals surface area contributed by atoms with Gasteiger partial charge in [-0.1, -0.05) is 0 Å². The summed E-state index contributed by atoms with van der Waals surface area (Å²) in [6.07, 6.45) is 1.31.